The van der Waals surface area contributed by atoms with Crippen LogP contribution in [0.1, 0.15) is 32.6 Å². The van der Waals surface area contributed by atoms with Gasteiger partial charge in [0.2, 0.25) is 11.8 Å². The van der Waals surface area contributed by atoms with Crippen molar-refractivity contribution < 1.29 is 9.59 Å². The highest BCUT2D eigenvalue weighted by Crippen LogP contribution is 2.25. The second kappa shape index (κ2) is 7.75. The van der Waals surface area contributed by atoms with Crippen LogP contribution in [0.5, 0.6) is 0 Å². The van der Waals surface area contributed by atoms with E-state index < -0.39 is 0 Å². The van der Waals surface area contributed by atoms with Crippen molar-refractivity contribution in [1.82, 2.24) is 20.4 Å². The zero-order chi connectivity index (χ0) is 15.2. The molecule has 0 spiro atoms. The Balaban J connectivity index is 1.91. The zero-order valence-electron chi connectivity index (χ0n) is 13.2. The number of carbonyl (C=O) groups is 2. The number of amides is 2. The Morgan fingerprint density at radius 2 is 2.00 bits per heavy atom. The summed E-state index contributed by atoms with van der Waals surface area (Å²) >= 11 is 0. The molecule has 6 heteroatoms. The lowest BCUT2D eigenvalue weighted by Crippen LogP contribution is -2.52. The molecule has 21 heavy (non-hydrogen) atoms. The Bertz CT molecular complexity index is 369. The second-order valence-electron chi connectivity index (χ2n) is 6.02. The van der Waals surface area contributed by atoms with Crippen LogP contribution < -0.4 is 10.6 Å². The minimum absolute atomic E-state index is 0.0347. The highest BCUT2D eigenvalue weighted by Gasteiger charge is 2.37. The summed E-state index contributed by atoms with van der Waals surface area (Å²) in [4.78, 5) is 28.2. The van der Waals surface area contributed by atoms with Crippen molar-refractivity contribution in [3.63, 3.8) is 0 Å². The summed E-state index contributed by atoms with van der Waals surface area (Å²) in [5.41, 5.74) is 0. The third kappa shape index (κ3) is 4.17. The third-order valence-electron chi connectivity index (χ3n) is 4.49. The fourth-order valence-electron chi connectivity index (χ4n) is 3.43. The van der Waals surface area contributed by atoms with Crippen LogP contribution in [-0.4, -0.2) is 73.5 Å². The Labute approximate surface area is 127 Å². The van der Waals surface area contributed by atoms with Gasteiger partial charge in [0.05, 0.1) is 12.6 Å². The van der Waals surface area contributed by atoms with E-state index in [9.17, 15) is 9.59 Å². The van der Waals surface area contributed by atoms with Gasteiger partial charge in [-0.15, -0.1) is 0 Å². The molecule has 1 atom stereocenters. The molecule has 2 saturated heterocycles. The van der Waals surface area contributed by atoms with Crippen LogP contribution >= 0.6 is 0 Å². The average molecular weight is 296 g/mol. The van der Waals surface area contributed by atoms with E-state index in [1.807, 2.05) is 6.92 Å². The first-order valence-corrected chi connectivity index (χ1v) is 8.11. The van der Waals surface area contributed by atoms with E-state index in [0.717, 1.165) is 45.3 Å². The summed E-state index contributed by atoms with van der Waals surface area (Å²) in [6.45, 7) is 5.73. The Kier molecular flexibility index (Phi) is 5.99. The van der Waals surface area contributed by atoms with Crippen molar-refractivity contribution in [2.45, 2.75) is 44.7 Å². The molecule has 0 aromatic carbocycles. The summed E-state index contributed by atoms with van der Waals surface area (Å²) in [6, 6.07) is 0.480. The lowest BCUT2D eigenvalue weighted by Gasteiger charge is -2.36. The van der Waals surface area contributed by atoms with Crippen molar-refractivity contribution >= 4 is 11.8 Å². The molecular formula is C15H28N4O2. The molecule has 2 aliphatic heterocycles. The van der Waals surface area contributed by atoms with Crippen molar-refractivity contribution in [2.75, 3.05) is 39.8 Å². The normalized spacial score (nSPS) is 24.0. The number of likely N-dealkylation sites (tertiary alicyclic amines) is 1. The van der Waals surface area contributed by atoms with Gasteiger partial charge in [0.1, 0.15) is 0 Å². The number of hydrogen-bond donors (Lipinski definition) is 2. The number of carbonyl (C=O) groups excluding carboxylic acids is 2. The molecule has 0 aromatic heterocycles. The van der Waals surface area contributed by atoms with E-state index in [1.54, 1.807) is 11.9 Å². The highest BCUT2D eigenvalue weighted by atomic mass is 16.2. The number of likely N-dealkylation sites (N-methyl/N-ethyl adjacent to an activating group) is 2. The third-order valence-corrected chi connectivity index (χ3v) is 4.49. The first-order chi connectivity index (χ1) is 10.1. The maximum atomic E-state index is 12.6. The van der Waals surface area contributed by atoms with Gasteiger partial charge in [-0.3, -0.25) is 14.5 Å². The van der Waals surface area contributed by atoms with Crippen LogP contribution in [0.4, 0.5) is 0 Å². The highest BCUT2D eigenvalue weighted by molar-refractivity contribution is 5.87. The van der Waals surface area contributed by atoms with Gasteiger partial charge >= 0.3 is 0 Å². The summed E-state index contributed by atoms with van der Waals surface area (Å²) in [7, 11) is 1.73. The maximum Gasteiger partial charge on any atom is 0.240 e. The minimum Gasteiger partial charge on any atom is -0.355 e. The fraction of sp³-hybridized carbons (Fsp3) is 0.867. The van der Waals surface area contributed by atoms with Crippen LogP contribution in [0.25, 0.3) is 0 Å². The van der Waals surface area contributed by atoms with E-state index in [0.29, 0.717) is 12.6 Å². The first kappa shape index (κ1) is 16.2. The zero-order valence-corrected chi connectivity index (χ0v) is 13.2. The van der Waals surface area contributed by atoms with E-state index in [2.05, 4.69) is 15.5 Å². The molecule has 120 valence electrons. The second-order valence-corrected chi connectivity index (χ2v) is 6.02. The molecule has 2 rings (SSSR count). The lowest BCUT2D eigenvalue weighted by molar-refractivity contribution is -0.139. The predicted octanol–water partition coefficient (Wildman–Crippen LogP) is -0.203. The number of piperidine rings is 1. The summed E-state index contributed by atoms with van der Waals surface area (Å²) in [5, 5.41) is 6.11. The van der Waals surface area contributed by atoms with E-state index in [4.69, 9.17) is 0 Å². The topological polar surface area (TPSA) is 64.7 Å². The lowest BCUT2D eigenvalue weighted by atomic mass is 10.0. The van der Waals surface area contributed by atoms with Gasteiger partial charge in [-0.2, -0.15) is 0 Å². The summed E-state index contributed by atoms with van der Waals surface area (Å²) in [5.74, 6) is 0.0112. The number of rotatable bonds is 5. The molecule has 0 saturated carbocycles. The Morgan fingerprint density at radius 3 is 2.67 bits per heavy atom. The van der Waals surface area contributed by atoms with E-state index in [1.165, 1.54) is 0 Å². The molecule has 2 amide bonds. The van der Waals surface area contributed by atoms with E-state index in [-0.39, 0.29) is 24.4 Å². The SMILES string of the molecule is CCNC(=O)CN(C)C(=O)C1CCCN1C1CCNCC1. The average Bonchev–Trinajstić information content (AvgIpc) is 2.96. The molecule has 6 nitrogen and oxygen atoms in total. The standard InChI is InChI=1S/C15H28N4O2/c1-3-17-14(20)11-18(2)15(21)13-5-4-10-19(13)12-6-8-16-9-7-12/h12-13,16H,3-11H2,1-2H3,(H,17,20). The molecule has 0 aliphatic carbocycles. The predicted molar refractivity (Wildman–Crippen MR) is 81.9 cm³/mol. The van der Waals surface area contributed by atoms with Crippen molar-refractivity contribution in [3.05, 3.63) is 0 Å². The van der Waals surface area contributed by atoms with Gasteiger partial charge < -0.3 is 15.5 Å². The maximum absolute atomic E-state index is 12.6. The van der Waals surface area contributed by atoms with Gasteiger partial charge in [-0.05, 0) is 52.2 Å². The van der Waals surface area contributed by atoms with Gasteiger partial charge in [0, 0.05) is 19.6 Å². The van der Waals surface area contributed by atoms with Gasteiger partial charge in [0.25, 0.3) is 0 Å². The largest absolute Gasteiger partial charge is 0.355 e. The first-order valence-electron chi connectivity index (χ1n) is 8.11. The van der Waals surface area contributed by atoms with Crippen LogP contribution in [0, 0.1) is 0 Å². The molecule has 0 radical (unpaired) electrons. The van der Waals surface area contributed by atoms with Crippen LogP contribution in [0.15, 0.2) is 0 Å². The smallest absolute Gasteiger partial charge is 0.240 e. The number of nitrogens with one attached hydrogen (secondary N) is 2. The molecule has 2 fully saturated rings. The molecule has 0 aromatic rings. The molecule has 2 aliphatic rings. The van der Waals surface area contributed by atoms with Crippen molar-refractivity contribution in [2.24, 2.45) is 0 Å². The van der Waals surface area contributed by atoms with E-state index >= 15 is 0 Å². The van der Waals surface area contributed by atoms with Crippen LogP contribution in [0.3, 0.4) is 0 Å². The number of hydrogen-bond acceptors (Lipinski definition) is 4. The molecule has 1 unspecified atom stereocenters. The molecule has 2 heterocycles. The number of nitrogens with zero attached hydrogens (tertiary/aromatic N) is 2. The van der Waals surface area contributed by atoms with Crippen molar-refractivity contribution in [1.29, 1.82) is 0 Å². The summed E-state index contributed by atoms with van der Waals surface area (Å²) < 4.78 is 0. The van der Waals surface area contributed by atoms with Crippen LogP contribution in [-0.2, 0) is 9.59 Å². The van der Waals surface area contributed by atoms with Gasteiger partial charge in [-0.1, -0.05) is 0 Å². The summed E-state index contributed by atoms with van der Waals surface area (Å²) in [6.07, 6.45) is 4.23. The Morgan fingerprint density at radius 1 is 1.29 bits per heavy atom. The quantitative estimate of drug-likeness (QED) is 0.737. The van der Waals surface area contributed by atoms with Crippen molar-refractivity contribution in [3.8, 4) is 0 Å². The minimum atomic E-state index is -0.0836. The molecule has 2 N–H and O–H groups in total. The fourth-order valence-corrected chi connectivity index (χ4v) is 3.43. The Hall–Kier alpha value is -1.14. The van der Waals surface area contributed by atoms with Gasteiger partial charge in [0.15, 0.2) is 0 Å². The van der Waals surface area contributed by atoms with Gasteiger partial charge in [-0.25, -0.2) is 0 Å². The van der Waals surface area contributed by atoms with Crippen LogP contribution in [0.2, 0.25) is 0 Å². The monoisotopic (exact) mass is 296 g/mol. The molecule has 0 bridgehead atoms. The molecular weight excluding hydrogens is 268 g/mol.